The summed E-state index contributed by atoms with van der Waals surface area (Å²) >= 11 is 0. The summed E-state index contributed by atoms with van der Waals surface area (Å²) in [6, 6.07) is 10.5. The molecule has 0 radical (unpaired) electrons. The number of pyridine rings is 1. The lowest BCUT2D eigenvalue weighted by atomic mass is 9.84. The van der Waals surface area contributed by atoms with Gasteiger partial charge in [-0.3, -0.25) is 20.0 Å². The number of hydrogen-bond donors (Lipinski definition) is 1. The monoisotopic (exact) mass is 320 g/mol. The van der Waals surface area contributed by atoms with Gasteiger partial charge in [-0.25, -0.2) is 9.66 Å². The van der Waals surface area contributed by atoms with Crippen molar-refractivity contribution < 1.29 is 4.79 Å². The van der Waals surface area contributed by atoms with Crippen molar-refractivity contribution in [1.29, 1.82) is 0 Å². The Balaban J connectivity index is 1.82. The Kier molecular flexibility index (Phi) is 3.57. The number of benzene rings is 1. The van der Waals surface area contributed by atoms with E-state index in [4.69, 9.17) is 0 Å². The second kappa shape index (κ2) is 5.88. The summed E-state index contributed by atoms with van der Waals surface area (Å²) in [5, 5.41) is 0.493. The van der Waals surface area contributed by atoms with Crippen molar-refractivity contribution in [2.75, 3.05) is 5.43 Å². The lowest BCUT2D eigenvalue weighted by Crippen LogP contribution is -2.38. The normalized spacial score (nSPS) is 14.3. The van der Waals surface area contributed by atoms with E-state index in [0.717, 1.165) is 19.3 Å². The van der Waals surface area contributed by atoms with Gasteiger partial charge in [-0.05, 0) is 37.1 Å². The number of aromatic nitrogens is 3. The van der Waals surface area contributed by atoms with Crippen LogP contribution < -0.4 is 11.0 Å². The van der Waals surface area contributed by atoms with Crippen LogP contribution in [0.1, 0.15) is 41.4 Å². The van der Waals surface area contributed by atoms with Crippen molar-refractivity contribution in [2.45, 2.75) is 25.2 Å². The fourth-order valence-corrected chi connectivity index (χ4v) is 2.86. The van der Waals surface area contributed by atoms with E-state index < -0.39 is 0 Å². The average Bonchev–Trinajstić information content (AvgIpc) is 2.57. The summed E-state index contributed by atoms with van der Waals surface area (Å²) in [6.45, 7) is 0. The molecular weight excluding hydrogens is 304 g/mol. The molecule has 1 saturated carbocycles. The molecule has 0 atom stereocenters. The topological polar surface area (TPSA) is 76.9 Å². The number of amides is 1. The number of carbonyl (C=O) groups is 1. The first-order chi connectivity index (χ1) is 11.7. The quantitative estimate of drug-likeness (QED) is 0.804. The summed E-state index contributed by atoms with van der Waals surface area (Å²) in [5.41, 5.74) is 3.51. The molecule has 1 amide bonds. The Morgan fingerprint density at radius 1 is 1.17 bits per heavy atom. The number of fused-ring (bicyclic) bond motifs is 1. The summed E-state index contributed by atoms with van der Waals surface area (Å²) in [5.74, 6) is 0.460. The van der Waals surface area contributed by atoms with Gasteiger partial charge in [0.05, 0.1) is 16.5 Å². The van der Waals surface area contributed by atoms with Gasteiger partial charge in [-0.2, -0.15) is 0 Å². The molecule has 0 saturated heterocycles. The van der Waals surface area contributed by atoms with Gasteiger partial charge in [0.2, 0.25) is 0 Å². The number of hydrogen-bond acceptors (Lipinski definition) is 4. The predicted molar refractivity (Wildman–Crippen MR) is 90.5 cm³/mol. The number of nitrogens with one attached hydrogen (secondary N) is 1. The molecule has 1 aliphatic rings. The van der Waals surface area contributed by atoms with Crippen LogP contribution in [0.5, 0.6) is 0 Å². The number of carbonyl (C=O) groups excluding carboxylic acids is 1. The third kappa shape index (κ3) is 2.46. The minimum atomic E-state index is -0.372. The number of rotatable bonds is 3. The molecule has 3 aromatic rings. The lowest BCUT2D eigenvalue weighted by Gasteiger charge is -2.27. The molecule has 0 aliphatic heterocycles. The molecule has 24 heavy (non-hydrogen) atoms. The van der Waals surface area contributed by atoms with Gasteiger partial charge in [0.1, 0.15) is 5.82 Å². The minimum absolute atomic E-state index is 0.205. The van der Waals surface area contributed by atoms with Crippen LogP contribution in [0, 0.1) is 0 Å². The molecule has 0 spiro atoms. The van der Waals surface area contributed by atoms with Gasteiger partial charge in [-0.1, -0.05) is 18.6 Å². The van der Waals surface area contributed by atoms with Gasteiger partial charge in [0.25, 0.3) is 11.5 Å². The third-order valence-electron chi connectivity index (χ3n) is 4.41. The first kappa shape index (κ1) is 14.6. The summed E-state index contributed by atoms with van der Waals surface area (Å²) in [4.78, 5) is 33.9. The van der Waals surface area contributed by atoms with Gasteiger partial charge in [0, 0.05) is 18.3 Å². The highest BCUT2D eigenvalue weighted by molar-refractivity contribution is 5.99. The molecule has 1 aliphatic carbocycles. The maximum Gasteiger partial charge on any atom is 0.280 e. The van der Waals surface area contributed by atoms with Crippen LogP contribution in [0.2, 0.25) is 0 Å². The summed E-state index contributed by atoms with van der Waals surface area (Å²) in [6.07, 6.45) is 6.14. The molecule has 6 nitrogen and oxygen atoms in total. The Bertz CT molecular complexity index is 962. The van der Waals surface area contributed by atoms with E-state index in [9.17, 15) is 9.59 Å². The van der Waals surface area contributed by atoms with E-state index in [0.29, 0.717) is 22.3 Å². The summed E-state index contributed by atoms with van der Waals surface area (Å²) in [7, 11) is 0. The summed E-state index contributed by atoms with van der Waals surface area (Å²) < 4.78 is 1.31. The Morgan fingerprint density at radius 3 is 2.71 bits per heavy atom. The van der Waals surface area contributed by atoms with Crippen molar-refractivity contribution in [2.24, 2.45) is 0 Å². The van der Waals surface area contributed by atoms with E-state index in [1.165, 1.54) is 10.9 Å². The predicted octanol–water partition coefficient (Wildman–Crippen LogP) is 2.44. The van der Waals surface area contributed by atoms with Crippen LogP contribution in [0.15, 0.2) is 53.6 Å². The second-order valence-corrected chi connectivity index (χ2v) is 5.94. The Morgan fingerprint density at radius 2 is 2.00 bits per heavy atom. The first-order valence-corrected chi connectivity index (χ1v) is 7.97. The molecule has 0 unspecified atom stereocenters. The van der Waals surface area contributed by atoms with Gasteiger partial charge < -0.3 is 0 Å². The molecular formula is C18H16N4O2. The van der Waals surface area contributed by atoms with E-state index in [2.05, 4.69) is 15.4 Å². The lowest BCUT2D eigenvalue weighted by molar-refractivity contribution is 0.100. The number of para-hydroxylation sites is 1. The van der Waals surface area contributed by atoms with Crippen LogP contribution in [0.3, 0.4) is 0 Å². The molecule has 2 heterocycles. The van der Waals surface area contributed by atoms with Crippen molar-refractivity contribution >= 4 is 16.8 Å². The molecule has 0 bridgehead atoms. The van der Waals surface area contributed by atoms with Crippen molar-refractivity contribution in [3.05, 3.63) is 70.5 Å². The SMILES string of the molecule is O=C(Nn1c(C2CCC2)nc2ccccc2c1=O)c1cccnc1. The van der Waals surface area contributed by atoms with Crippen molar-refractivity contribution in [1.82, 2.24) is 14.6 Å². The zero-order valence-electron chi connectivity index (χ0n) is 13.0. The van der Waals surface area contributed by atoms with Crippen molar-refractivity contribution in [3.63, 3.8) is 0 Å². The van der Waals surface area contributed by atoms with E-state index >= 15 is 0 Å². The van der Waals surface area contributed by atoms with E-state index in [-0.39, 0.29) is 17.4 Å². The first-order valence-electron chi connectivity index (χ1n) is 7.97. The third-order valence-corrected chi connectivity index (χ3v) is 4.41. The zero-order valence-corrected chi connectivity index (χ0v) is 13.0. The smallest absolute Gasteiger partial charge is 0.267 e. The standard InChI is InChI=1S/C18H16N4O2/c23-17(13-7-4-10-19-11-13)21-22-16(12-5-3-6-12)20-15-9-2-1-8-14(15)18(22)24/h1-2,4,7-12H,3,5-6H2,(H,21,23). The molecule has 120 valence electrons. The van der Waals surface area contributed by atoms with Crippen LogP contribution in [0.4, 0.5) is 0 Å². The van der Waals surface area contributed by atoms with E-state index in [1.54, 1.807) is 30.5 Å². The van der Waals surface area contributed by atoms with Crippen LogP contribution in [-0.4, -0.2) is 20.6 Å². The van der Waals surface area contributed by atoms with Crippen LogP contribution in [0.25, 0.3) is 10.9 Å². The average molecular weight is 320 g/mol. The molecule has 1 N–H and O–H groups in total. The van der Waals surface area contributed by atoms with Crippen LogP contribution in [-0.2, 0) is 0 Å². The van der Waals surface area contributed by atoms with Crippen molar-refractivity contribution in [3.8, 4) is 0 Å². The fourth-order valence-electron chi connectivity index (χ4n) is 2.86. The fraction of sp³-hybridized carbons (Fsp3) is 0.222. The molecule has 1 fully saturated rings. The molecule has 1 aromatic carbocycles. The zero-order chi connectivity index (χ0) is 16.5. The highest BCUT2D eigenvalue weighted by Crippen LogP contribution is 2.35. The van der Waals surface area contributed by atoms with Gasteiger partial charge in [0.15, 0.2) is 0 Å². The van der Waals surface area contributed by atoms with Gasteiger partial charge >= 0.3 is 0 Å². The highest BCUT2D eigenvalue weighted by atomic mass is 16.2. The van der Waals surface area contributed by atoms with Gasteiger partial charge in [-0.15, -0.1) is 0 Å². The molecule has 4 rings (SSSR count). The minimum Gasteiger partial charge on any atom is -0.267 e. The van der Waals surface area contributed by atoms with E-state index in [1.807, 2.05) is 12.1 Å². The molecule has 2 aromatic heterocycles. The largest absolute Gasteiger partial charge is 0.280 e. The number of nitrogens with zero attached hydrogens (tertiary/aromatic N) is 3. The highest BCUT2D eigenvalue weighted by Gasteiger charge is 2.26. The van der Waals surface area contributed by atoms with Crippen LogP contribution >= 0.6 is 0 Å². The maximum absolute atomic E-state index is 12.9. The Labute approximate surface area is 138 Å². The second-order valence-electron chi connectivity index (χ2n) is 5.94. The molecule has 6 heteroatoms. The maximum atomic E-state index is 12.9. The Hall–Kier alpha value is -3.02.